The van der Waals surface area contributed by atoms with Crippen molar-refractivity contribution in [1.82, 2.24) is 0 Å². The minimum atomic E-state index is 0.382. The molecule has 90 valence electrons. The van der Waals surface area contributed by atoms with Crippen molar-refractivity contribution in [3.8, 4) is 0 Å². The van der Waals surface area contributed by atoms with Crippen LogP contribution < -0.4 is 0 Å². The topological polar surface area (TPSA) is 17.1 Å². The number of rotatable bonds is 3. The van der Waals surface area contributed by atoms with Gasteiger partial charge in [-0.15, -0.1) is 0 Å². The van der Waals surface area contributed by atoms with Gasteiger partial charge in [-0.2, -0.15) is 0 Å². The SMILES string of the molecule is O=C(Cc1ccc(I)cc1)C1CC2CCC1C2. The minimum absolute atomic E-state index is 0.382. The molecule has 2 saturated carbocycles. The summed E-state index contributed by atoms with van der Waals surface area (Å²) in [6.07, 6.45) is 5.81. The average molecular weight is 340 g/mol. The molecule has 17 heavy (non-hydrogen) atoms. The molecule has 2 bridgehead atoms. The molecule has 0 spiro atoms. The number of Topliss-reactive ketones (excluding diaryl/α,β-unsaturated/α-hetero) is 1. The normalized spacial score (nSPS) is 30.8. The highest BCUT2D eigenvalue weighted by Crippen LogP contribution is 2.48. The number of carbonyl (C=O) groups excluding carboxylic acids is 1. The van der Waals surface area contributed by atoms with E-state index in [1.807, 2.05) is 0 Å². The first-order valence-electron chi connectivity index (χ1n) is 6.49. The van der Waals surface area contributed by atoms with E-state index in [0.29, 0.717) is 18.1 Å². The smallest absolute Gasteiger partial charge is 0.140 e. The molecule has 0 saturated heterocycles. The Hall–Kier alpha value is -0.380. The predicted molar refractivity (Wildman–Crippen MR) is 76.8 cm³/mol. The van der Waals surface area contributed by atoms with Gasteiger partial charge in [0.05, 0.1) is 0 Å². The fourth-order valence-corrected chi connectivity index (χ4v) is 3.93. The standard InChI is InChI=1S/C15H17IO/c16-13-5-2-10(3-6-13)9-15(17)14-8-11-1-4-12(14)7-11/h2-3,5-6,11-12,14H,1,4,7-9H2. The number of hydrogen-bond acceptors (Lipinski definition) is 1. The van der Waals surface area contributed by atoms with Gasteiger partial charge in [0.1, 0.15) is 5.78 Å². The lowest BCUT2D eigenvalue weighted by molar-refractivity contribution is -0.123. The Morgan fingerprint density at radius 1 is 1.18 bits per heavy atom. The Bertz CT molecular complexity index is 423. The lowest BCUT2D eigenvalue weighted by Gasteiger charge is -2.20. The summed E-state index contributed by atoms with van der Waals surface area (Å²) >= 11 is 2.30. The Morgan fingerprint density at radius 2 is 1.94 bits per heavy atom. The third kappa shape index (κ3) is 2.42. The second-order valence-electron chi connectivity index (χ2n) is 5.55. The molecule has 3 atom stereocenters. The maximum atomic E-state index is 12.3. The molecule has 0 aromatic heterocycles. The summed E-state index contributed by atoms with van der Waals surface area (Å²) in [5, 5.41) is 0. The predicted octanol–water partition coefficient (Wildman–Crippen LogP) is 3.84. The zero-order chi connectivity index (χ0) is 11.8. The second kappa shape index (κ2) is 4.71. The van der Waals surface area contributed by atoms with E-state index in [-0.39, 0.29) is 0 Å². The molecule has 3 rings (SSSR count). The fourth-order valence-electron chi connectivity index (χ4n) is 3.57. The number of hydrogen-bond donors (Lipinski definition) is 0. The van der Waals surface area contributed by atoms with Crippen molar-refractivity contribution in [3.63, 3.8) is 0 Å². The highest BCUT2D eigenvalue weighted by molar-refractivity contribution is 14.1. The molecule has 0 amide bonds. The minimum Gasteiger partial charge on any atom is -0.299 e. The van der Waals surface area contributed by atoms with Crippen LogP contribution in [0, 0.1) is 21.3 Å². The molecule has 1 nitrogen and oxygen atoms in total. The molecule has 1 aromatic carbocycles. The lowest BCUT2D eigenvalue weighted by atomic mass is 9.84. The number of halogens is 1. The van der Waals surface area contributed by atoms with Crippen LogP contribution in [0.1, 0.15) is 31.2 Å². The van der Waals surface area contributed by atoms with Gasteiger partial charge >= 0.3 is 0 Å². The second-order valence-corrected chi connectivity index (χ2v) is 6.80. The Balaban J connectivity index is 1.65. The van der Waals surface area contributed by atoms with Gasteiger partial charge in [0.15, 0.2) is 0 Å². The van der Waals surface area contributed by atoms with Crippen LogP contribution in [0.2, 0.25) is 0 Å². The Kier molecular flexibility index (Phi) is 3.24. The van der Waals surface area contributed by atoms with Crippen LogP contribution >= 0.6 is 22.6 Å². The summed E-state index contributed by atoms with van der Waals surface area (Å²) in [6, 6.07) is 8.35. The van der Waals surface area contributed by atoms with Crippen LogP contribution in [-0.2, 0) is 11.2 Å². The van der Waals surface area contributed by atoms with E-state index >= 15 is 0 Å². The third-order valence-corrected chi connectivity index (χ3v) is 5.16. The molecule has 2 aliphatic rings. The van der Waals surface area contributed by atoms with Crippen LogP contribution in [0.25, 0.3) is 0 Å². The summed E-state index contributed by atoms with van der Waals surface area (Å²) in [7, 11) is 0. The summed E-state index contributed by atoms with van der Waals surface area (Å²) < 4.78 is 1.23. The van der Waals surface area contributed by atoms with Crippen molar-refractivity contribution in [2.24, 2.45) is 17.8 Å². The first-order valence-corrected chi connectivity index (χ1v) is 7.57. The van der Waals surface area contributed by atoms with Gasteiger partial charge in [0, 0.05) is 15.9 Å². The first kappa shape index (κ1) is 11.7. The fraction of sp³-hybridized carbons (Fsp3) is 0.533. The largest absolute Gasteiger partial charge is 0.299 e. The average Bonchev–Trinajstić information content (AvgIpc) is 2.94. The monoisotopic (exact) mass is 340 g/mol. The molecule has 0 heterocycles. The molecule has 0 N–H and O–H groups in total. The van der Waals surface area contributed by atoms with Crippen molar-refractivity contribution in [2.45, 2.75) is 32.1 Å². The highest BCUT2D eigenvalue weighted by atomic mass is 127. The molecule has 0 radical (unpaired) electrons. The van der Waals surface area contributed by atoms with E-state index in [2.05, 4.69) is 46.9 Å². The number of benzene rings is 1. The lowest BCUT2D eigenvalue weighted by Crippen LogP contribution is -2.22. The number of carbonyl (C=O) groups is 1. The summed E-state index contributed by atoms with van der Waals surface area (Å²) in [4.78, 5) is 12.3. The van der Waals surface area contributed by atoms with Crippen LogP contribution in [0.4, 0.5) is 0 Å². The van der Waals surface area contributed by atoms with E-state index in [1.165, 1.54) is 34.8 Å². The summed E-state index contributed by atoms with van der Waals surface area (Å²) in [5.74, 6) is 2.45. The van der Waals surface area contributed by atoms with E-state index in [4.69, 9.17) is 0 Å². The third-order valence-electron chi connectivity index (χ3n) is 4.44. The molecule has 3 unspecified atom stereocenters. The van der Waals surface area contributed by atoms with Crippen LogP contribution in [0.15, 0.2) is 24.3 Å². The molecular weight excluding hydrogens is 323 g/mol. The van der Waals surface area contributed by atoms with Gasteiger partial charge in [0.25, 0.3) is 0 Å². The first-order chi connectivity index (χ1) is 8.22. The zero-order valence-corrected chi connectivity index (χ0v) is 12.0. The van der Waals surface area contributed by atoms with Gasteiger partial charge < -0.3 is 0 Å². The highest BCUT2D eigenvalue weighted by Gasteiger charge is 2.42. The van der Waals surface area contributed by atoms with Crippen LogP contribution in [-0.4, -0.2) is 5.78 Å². The van der Waals surface area contributed by atoms with E-state index in [9.17, 15) is 4.79 Å². The van der Waals surface area contributed by atoms with Crippen molar-refractivity contribution in [1.29, 1.82) is 0 Å². The Labute approximate surface area is 116 Å². The summed E-state index contributed by atoms with van der Waals surface area (Å²) in [6.45, 7) is 0. The van der Waals surface area contributed by atoms with Crippen molar-refractivity contribution in [3.05, 3.63) is 33.4 Å². The molecule has 2 fully saturated rings. The van der Waals surface area contributed by atoms with Gasteiger partial charge in [-0.1, -0.05) is 18.6 Å². The zero-order valence-electron chi connectivity index (χ0n) is 9.86. The molecule has 0 aliphatic heterocycles. The Morgan fingerprint density at radius 3 is 2.53 bits per heavy atom. The van der Waals surface area contributed by atoms with Gasteiger partial charge in [-0.25, -0.2) is 0 Å². The van der Waals surface area contributed by atoms with Crippen molar-refractivity contribution in [2.75, 3.05) is 0 Å². The summed E-state index contributed by atoms with van der Waals surface area (Å²) in [5.41, 5.74) is 1.18. The molecule has 2 aliphatic carbocycles. The van der Waals surface area contributed by atoms with Gasteiger partial charge in [-0.05, 0) is 71.4 Å². The van der Waals surface area contributed by atoms with Crippen molar-refractivity contribution < 1.29 is 4.79 Å². The van der Waals surface area contributed by atoms with Crippen LogP contribution in [0.3, 0.4) is 0 Å². The molecular formula is C15H17IO. The number of fused-ring (bicyclic) bond motifs is 2. The van der Waals surface area contributed by atoms with Crippen LogP contribution in [0.5, 0.6) is 0 Å². The maximum Gasteiger partial charge on any atom is 0.140 e. The van der Waals surface area contributed by atoms with Gasteiger partial charge in [0.2, 0.25) is 0 Å². The van der Waals surface area contributed by atoms with E-state index in [1.54, 1.807) is 0 Å². The quantitative estimate of drug-likeness (QED) is 0.764. The number of ketones is 1. The molecule has 1 aromatic rings. The van der Waals surface area contributed by atoms with Gasteiger partial charge in [-0.3, -0.25) is 4.79 Å². The molecule has 2 heteroatoms. The van der Waals surface area contributed by atoms with E-state index in [0.717, 1.165) is 11.8 Å². The van der Waals surface area contributed by atoms with Crippen molar-refractivity contribution >= 4 is 28.4 Å². The van der Waals surface area contributed by atoms with E-state index < -0.39 is 0 Å². The maximum absolute atomic E-state index is 12.3.